The molecule has 1 aliphatic rings. The van der Waals surface area contributed by atoms with E-state index in [1.165, 1.54) is 33.4 Å². The molecule has 7 aromatic rings. The first-order valence-corrected chi connectivity index (χ1v) is 17.3. The van der Waals surface area contributed by atoms with Gasteiger partial charge in [-0.15, -0.1) is 0 Å². The second-order valence-corrected chi connectivity index (χ2v) is 12.6. The fourth-order valence-corrected chi connectivity index (χ4v) is 6.76. The lowest BCUT2D eigenvalue weighted by Gasteiger charge is -2.26. The summed E-state index contributed by atoms with van der Waals surface area (Å²) in [7, 11) is 0. The van der Waals surface area contributed by atoms with Crippen LogP contribution in [0.15, 0.2) is 206 Å². The van der Waals surface area contributed by atoms with Crippen LogP contribution in [0, 0.1) is 0 Å². The van der Waals surface area contributed by atoms with Gasteiger partial charge in [-0.25, -0.2) is 0 Å². The van der Waals surface area contributed by atoms with E-state index in [9.17, 15) is 0 Å². The molecule has 0 radical (unpaired) electrons. The van der Waals surface area contributed by atoms with Gasteiger partial charge in [0, 0.05) is 34.1 Å². The van der Waals surface area contributed by atoms with Crippen LogP contribution in [0.5, 0.6) is 0 Å². The third-order valence-electron chi connectivity index (χ3n) is 9.36. The molecule has 0 heterocycles. The summed E-state index contributed by atoms with van der Waals surface area (Å²) in [6.07, 6.45) is 8.84. The van der Waals surface area contributed by atoms with Crippen molar-refractivity contribution >= 4 is 39.7 Å². The number of rotatable bonds is 9. The van der Waals surface area contributed by atoms with E-state index in [1.54, 1.807) is 0 Å². The fourth-order valence-electron chi connectivity index (χ4n) is 6.76. The van der Waals surface area contributed by atoms with Crippen molar-refractivity contribution in [1.82, 2.24) is 0 Å². The summed E-state index contributed by atoms with van der Waals surface area (Å²) >= 11 is 0. The first kappa shape index (κ1) is 30.9. The van der Waals surface area contributed by atoms with Crippen LogP contribution in [0.4, 0.5) is 34.1 Å². The van der Waals surface area contributed by atoms with Crippen LogP contribution < -0.4 is 9.80 Å². The molecule has 240 valence electrons. The zero-order chi connectivity index (χ0) is 33.5. The quantitative estimate of drug-likeness (QED) is 0.155. The Morgan fingerprint density at radius 2 is 0.620 bits per heavy atom. The number of allylic oxidation sites excluding steroid dienone is 4. The smallest absolute Gasteiger partial charge is 0.0462 e. The summed E-state index contributed by atoms with van der Waals surface area (Å²) in [5.41, 5.74) is 14.2. The molecule has 0 atom stereocenters. The zero-order valence-corrected chi connectivity index (χ0v) is 27.9. The van der Waals surface area contributed by atoms with Gasteiger partial charge in [-0.1, -0.05) is 133 Å². The Morgan fingerprint density at radius 3 is 0.980 bits per heavy atom. The van der Waals surface area contributed by atoms with Crippen molar-refractivity contribution in [3.8, 4) is 22.3 Å². The number of hydrogen-bond donors (Lipinski definition) is 0. The third-order valence-corrected chi connectivity index (χ3v) is 9.36. The molecular formula is C48H38N2. The molecule has 0 amide bonds. The van der Waals surface area contributed by atoms with Gasteiger partial charge in [-0.05, 0) is 119 Å². The van der Waals surface area contributed by atoms with Crippen molar-refractivity contribution in [1.29, 1.82) is 0 Å². The second-order valence-electron chi connectivity index (χ2n) is 12.6. The molecule has 0 aromatic heterocycles. The average Bonchev–Trinajstić information content (AvgIpc) is 3.21. The first-order chi connectivity index (χ1) is 24.8. The highest BCUT2D eigenvalue weighted by Crippen LogP contribution is 2.39. The van der Waals surface area contributed by atoms with E-state index in [4.69, 9.17) is 0 Å². The average molecular weight is 643 g/mol. The standard InChI is InChI=1S/C48H38N2/c1-5-13-37(14-6-1)39-21-29-45(30-22-39)49(43-17-9-3-10-18-43)47-33-25-41(26-34-47)42-27-35-48(36-28-42)50(44-19-11-4-12-20-44)46-31-23-40(24-32-46)38-15-7-2-8-16-38/h1-7,9-15,17-36H,8,16H2. The first-order valence-electron chi connectivity index (χ1n) is 17.3. The lowest BCUT2D eigenvalue weighted by molar-refractivity contribution is 1.05. The van der Waals surface area contributed by atoms with Crippen LogP contribution >= 0.6 is 0 Å². The van der Waals surface area contributed by atoms with Crippen LogP contribution in [0.2, 0.25) is 0 Å². The molecule has 2 heteroatoms. The number of anilines is 6. The topological polar surface area (TPSA) is 6.48 Å². The van der Waals surface area contributed by atoms with E-state index >= 15 is 0 Å². The predicted molar refractivity (Wildman–Crippen MR) is 213 cm³/mol. The van der Waals surface area contributed by atoms with Gasteiger partial charge >= 0.3 is 0 Å². The molecule has 50 heavy (non-hydrogen) atoms. The van der Waals surface area contributed by atoms with Gasteiger partial charge in [-0.3, -0.25) is 0 Å². The molecule has 2 nitrogen and oxygen atoms in total. The lowest BCUT2D eigenvalue weighted by Crippen LogP contribution is -2.10. The molecule has 0 saturated heterocycles. The maximum Gasteiger partial charge on any atom is 0.0462 e. The normalized spacial score (nSPS) is 12.3. The summed E-state index contributed by atoms with van der Waals surface area (Å²) in [6, 6.07) is 67.3. The minimum Gasteiger partial charge on any atom is -0.311 e. The summed E-state index contributed by atoms with van der Waals surface area (Å²) in [6.45, 7) is 0. The molecule has 0 aliphatic heterocycles. The second kappa shape index (κ2) is 14.4. The fraction of sp³-hybridized carbons (Fsp3) is 0.0417. The highest BCUT2D eigenvalue weighted by Gasteiger charge is 2.15. The number of benzene rings is 7. The van der Waals surface area contributed by atoms with E-state index in [0.29, 0.717) is 0 Å². The highest BCUT2D eigenvalue weighted by molar-refractivity contribution is 5.82. The van der Waals surface area contributed by atoms with E-state index in [0.717, 1.165) is 47.0 Å². The van der Waals surface area contributed by atoms with Gasteiger partial charge in [0.25, 0.3) is 0 Å². The monoisotopic (exact) mass is 642 g/mol. The summed E-state index contributed by atoms with van der Waals surface area (Å²) < 4.78 is 0. The maximum atomic E-state index is 2.33. The summed E-state index contributed by atoms with van der Waals surface area (Å²) in [5, 5.41) is 0. The zero-order valence-electron chi connectivity index (χ0n) is 27.9. The van der Waals surface area contributed by atoms with Gasteiger partial charge in [0.05, 0.1) is 0 Å². The molecule has 0 bridgehead atoms. The molecule has 1 aliphatic carbocycles. The van der Waals surface area contributed by atoms with Crippen LogP contribution in [-0.2, 0) is 0 Å². The molecule has 0 saturated carbocycles. The van der Waals surface area contributed by atoms with Gasteiger partial charge in [0.15, 0.2) is 0 Å². The van der Waals surface area contributed by atoms with Crippen LogP contribution in [0.25, 0.3) is 27.8 Å². The van der Waals surface area contributed by atoms with Crippen LogP contribution in [0.1, 0.15) is 18.4 Å². The lowest BCUT2D eigenvalue weighted by atomic mass is 9.97. The molecule has 0 N–H and O–H groups in total. The maximum absolute atomic E-state index is 2.33. The molecule has 7 aromatic carbocycles. The summed E-state index contributed by atoms with van der Waals surface area (Å²) in [5.74, 6) is 0. The van der Waals surface area contributed by atoms with E-state index < -0.39 is 0 Å². The van der Waals surface area contributed by atoms with E-state index in [1.807, 2.05) is 0 Å². The molecular weight excluding hydrogens is 605 g/mol. The van der Waals surface area contributed by atoms with Crippen molar-refractivity contribution in [3.05, 3.63) is 212 Å². The van der Waals surface area contributed by atoms with Crippen molar-refractivity contribution < 1.29 is 0 Å². The third kappa shape index (κ3) is 6.65. The number of nitrogens with zero attached hydrogens (tertiary/aromatic N) is 2. The molecule has 0 fully saturated rings. The summed E-state index contributed by atoms with van der Waals surface area (Å²) in [4.78, 5) is 4.64. The van der Waals surface area contributed by atoms with Gasteiger partial charge in [0.1, 0.15) is 0 Å². The Kier molecular flexibility index (Phi) is 8.90. The molecule has 8 rings (SSSR count). The van der Waals surface area contributed by atoms with Crippen molar-refractivity contribution in [2.24, 2.45) is 0 Å². The molecule has 0 unspecified atom stereocenters. The Balaban J connectivity index is 1.07. The Morgan fingerprint density at radius 1 is 0.300 bits per heavy atom. The van der Waals surface area contributed by atoms with Crippen LogP contribution in [0.3, 0.4) is 0 Å². The molecule has 0 spiro atoms. The van der Waals surface area contributed by atoms with Crippen molar-refractivity contribution in [2.45, 2.75) is 12.8 Å². The highest BCUT2D eigenvalue weighted by atomic mass is 15.1. The van der Waals surface area contributed by atoms with Gasteiger partial charge in [0.2, 0.25) is 0 Å². The Labute approximate surface area is 295 Å². The largest absolute Gasteiger partial charge is 0.311 e. The van der Waals surface area contributed by atoms with Crippen molar-refractivity contribution in [3.63, 3.8) is 0 Å². The minimum atomic E-state index is 1.09. The van der Waals surface area contributed by atoms with E-state index in [2.05, 4.69) is 216 Å². The predicted octanol–water partition coefficient (Wildman–Crippen LogP) is 13.7. The Bertz CT molecular complexity index is 2200. The van der Waals surface area contributed by atoms with E-state index in [-0.39, 0.29) is 0 Å². The minimum absolute atomic E-state index is 1.09. The SMILES string of the molecule is C1=CCCC(c2ccc(N(c3ccccc3)c3ccc(-c4ccc(N(c5ccccc5)c5ccc(-c6ccccc6)cc5)cc4)cc3)cc2)=C1. The Hall–Kier alpha value is -6.38. The van der Waals surface area contributed by atoms with Gasteiger partial charge < -0.3 is 9.80 Å². The van der Waals surface area contributed by atoms with Gasteiger partial charge in [-0.2, -0.15) is 0 Å². The van der Waals surface area contributed by atoms with Crippen LogP contribution in [-0.4, -0.2) is 0 Å². The number of para-hydroxylation sites is 2. The van der Waals surface area contributed by atoms with Crippen molar-refractivity contribution in [2.75, 3.05) is 9.80 Å². The number of hydrogen-bond acceptors (Lipinski definition) is 2.